The van der Waals surface area contributed by atoms with Crippen LogP contribution in [-0.2, 0) is 11.2 Å². The van der Waals surface area contributed by atoms with E-state index in [1.807, 2.05) is 12.1 Å². The Hall–Kier alpha value is -0.330. The molecule has 0 aliphatic rings. The summed E-state index contributed by atoms with van der Waals surface area (Å²) in [5.41, 5.74) is 6.22. The van der Waals surface area contributed by atoms with Crippen LogP contribution in [0.15, 0.2) is 18.2 Å². The van der Waals surface area contributed by atoms with Gasteiger partial charge in [0.2, 0.25) is 0 Å². The normalized spacial score (nSPS) is 12.5. The molecular weight excluding hydrogens is 316 g/mol. The number of hydrogen-bond acceptors (Lipinski definition) is 2. The minimum absolute atomic E-state index is 0.257. The van der Waals surface area contributed by atoms with Crippen LogP contribution in [0.25, 0.3) is 0 Å². The summed E-state index contributed by atoms with van der Waals surface area (Å²) < 4.78 is 0.937. The molecule has 0 amide bonds. The number of halogens is 2. The van der Waals surface area contributed by atoms with Crippen LogP contribution in [0.1, 0.15) is 5.56 Å². The number of carbonyl (C=O) groups is 1. The summed E-state index contributed by atoms with van der Waals surface area (Å²) in [6.45, 7) is 0. The van der Waals surface area contributed by atoms with Gasteiger partial charge < -0.3 is 10.8 Å². The van der Waals surface area contributed by atoms with Crippen LogP contribution < -0.4 is 5.73 Å². The van der Waals surface area contributed by atoms with Gasteiger partial charge in [-0.2, -0.15) is 0 Å². The maximum atomic E-state index is 10.6. The lowest BCUT2D eigenvalue weighted by atomic mass is 10.1. The number of benzene rings is 1. The Balaban J connectivity index is 2.91. The molecule has 1 aromatic carbocycles. The maximum absolute atomic E-state index is 10.6. The van der Waals surface area contributed by atoms with Gasteiger partial charge in [-0.05, 0) is 40.3 Å². The molecule has 0 unspecified atom stereocenters. The van der Waals surface area contributed by atoms with Crippen LogP contribution in [0, 0.1) is 3.57 Å². The Morgan fingerprint density at radius 2 is 2.29 bits per heavy atom. The van der Waals surface area contributed by atoms with Gasteiger partial charge in [-0.15, -0.1) is 0 Å². The molecule has 0 saturated carbocycles. The molecule has 0 aliphatic heterocycles. The zero-order chi connectivity index (χ0) is 10.7. The van der Waals surface area contributed by atoms with Crippen molar-refractivity contribution in [1.29, 1.82) is 0 Å². The zero-order valence-corrected chi connectivity index (χ0v) is 10.1. The lowest BCUT2D eigenvalue weighted by Gasteiger charge is -2.09. The fourth-order valence-corrected chi connectivity index (χ4v) is 2.16. The van der Waals surface area contributed by atoms with Crippen LogP contribution in [0.2, 0.25) is 5.02 Å². The SMILES string of the molecule is N[C@@H](Cc1c(Cl)cccc1I)C(=O)O. The van der Waals surface area contributed by atoms with Gasteiger partial charge in [-0.1, -0.05) is 17.7 Å². The van der Waals surface area contributed by atoms with Crippen LogP contribution >= 0.6 is 34.2 Å². The highest BCUT2D eigenvalue weighted by Crippen LogP contribution is 2.22. The first kappa shape index (κ1) is 11.7. The van der Waals surface area contributed by atoms with E-state index in [1.54, 1.807) is 6.07 Å². The van der Waals surface area contributed by atoms with Crippen LogP contribution in [0.4, 0.5) is 0 Å². The number of carboxylic acid groups (broad SMARTS) is 1. The summed E-state index contributed by atoms with van der Waals surface area (Å²) in [4.78, 5) is 10.6. The standard InChI is InChI=1S/C9H9ClINO2/c10-6-2-1-3-7(11)5(6)4-8(12)9(13)14/h1-3,8H,4,12H2,(H,13,14)/t8-/m0/s1. The first-order valence-electron chi connectivity index (χ1n) is 3.93. The van der Waals surface area contributed by atoms with E-state index in [0.717, 1.165) is 9.13 Å². The second-order valence-corrected chi connectivity index (χ2v) is 4.42. The van der Waals surface area contributed by atoms with Crippen molar-refractivity contribution in [3.8, 4) is 0 Å². The fraction of sp³-hybridized carbons (Fsp3) is 0.222. The molecular formula is C9H9ClINO2. The Kier molecular flexibility index (Phi) is 4.15. The predicted octanol–water partition coefficient (Wildman–Crippen LogP) is 1.90. The van der Waals surface area contributed by atoms with Crippen LogP contribution in [0.5, 0.6) is 0 Å². The molecule has 0 aromatic heterocycles. The number of aliphatic carboxylic acids is 1. The maximum Gasteiger partial charge on any atom is 0.320 e. The number of nitrogens with two attached hydrogens (primary N) is 1. The van der Waals surface area contributed by atoms with E-state index in [9.17, 15) is 4.79 Å². The van der Waals surface area contributed by atoms with Crippen LogP contribution in [-0.4, -0.2) is 17.1 Å². The summed E-state index contributed by atoms with van der Waals surface area (Å²) in [5.74, 6) is -1.01. The smallest absolute Gasteiger partial charge is 0.320 e. The molecule has 0 radical (unpaired) electrons. The van der Waals surface area contributed by atoms with Gasteiger partial charge in [-0.25, -0.2) is 0 Å². The number of rotatable bonds is 3. The lowest BCUT2D eigenvalue weighted by molar-refractivity contribution is -0.138. The highest BCUT2D eigenvalue weighted by Gasteiger charge is 2.15. The number of carboxylic acids is 1. The van der Waals surface area contributed by atoms with Gasteiger partial charge in [0.25, 0.3) is 0 Å². The lowest BCUT2D eigenvalue weighted by Crippen LogP contribution is -2.32. The molecule has 5 heteroatoms. The Labute approximate surface area is 100 Å². The molecule has 1 aromatic rings. The van der Waals surface area contributed by atoms with Crippen molar-refractivity contribution >= 4 is 40.2 Å². The predicted molar refractivity (Wildman–Crippen MR) is 63.5 cm³/mol. The highest BCUT2D eigenvalue weighted by atomic mass is 127. The largest absolute Gasteiger partial charge is 0.480 e. The molecule has 0 bridgehead atoms. The first-order valence-corrected chi connectivity index (χ1v) is 5.39. The van der Waals surface area contributed by atoms with E-state index >= 15 is 0 Å². The first-order chi connectivity index (χ1) is 6.52. The highest BCUT2D eigenvalue weighted by molar-refractivity contribution is 14.1. The second-order valence-electron chi connectivity index (χ2n) is 2.85. The summed E-state index contributed by atoms with van der Waals surface area (Å²) in [6.07, 6.45) is 0.257. The van der Waals surface area contributed by atoms with Gasteiger partial charge in [0.15, 0.2) is 0 Å². The molecule has 1 atom stereocenters. The van der Waals surface area contributed by atoms with E-state index in [2.05, 4.69) is 22.6 Å². The van der Waals surface area contributed by atoms with Gasteiger partial charge in [0.05, 0.1) is 0 Å². The zero-order valence-electron chi connectivity index (χ0n) is 7.21. The monoisotopic (exact) mass is 325 g/mol. The average molecular weight is 326 g/mol. The van der Waals surface area contributed by atoms with Crippen LogP contribution in [0.3, 0.4) is 0 Å². The van der Waals surface area contributed by atoms with Crippen molar-refractivity contribution in [2.24, 2.45) is 5.73 Å². The molecule has 0 spiro atoms. The third kappa shape index (κ3) is 2.83. The van der Waals surface area contributed by atoms with Crippen molar-refractivity contribution in [1.82, 2.24) is 0 Å². The Bertz CT molecular complexity index is 336. The van der Waals surface area contributed by atoms with E-state index in [0.29, 0.717) is 5.02 Å². The summed E-state index contributed by atoms with van der Waals surface area (Å²) in [5, 5.41) is 9.22. The van der Waals surface area contributed by atoms with Crippen molar-refractivity contribution < 1.29 is 9.90 Å². The van der Waals surface area contributed by atoms with E-state index < -0.39 is 12.0 Å². The minimum atomic E-state index is -1.01. The van der Waals surface area contributed by atoms with E-state index in [-0.39, 0.29) is 6.42 Å². The van der Waals surface area contributed by atoms with Crippen molar-refractivity contribution in [3.05, 3.63) is 32.4 Å². The fourth-order valence-electron chi connectivity index (χ4n) is 1.03. The van der Waals surface area contributed by atoms with Crippen molar-refractivity contribution in [2.75, 3.05) is 0 Å². The molecule has 3 nitrogen and oxygen atoms in total. The molecule has 76 valence electrons. The average Bonchev–Trinajstić information content (AvgIpc) is 2.11. The summed E-state index contributed by atoms with van der Waals surface area (Å²) >= 11 is 8.03. The molecule has 0 heterocycles. The van der Waals surface area contributed by atoms with Crippen molar-refractivity contribution in [3.63, 3.8) is 0 Å². The Morgan fingerprint density at radius 3 is 2.79 bits per heavy atom. The quantitative estimate of drug-likeness (QED) is 0.834. The third-order valence-corrected chi connectivity index (χ3v) is 3.17. The molecule has 0 saturated heterocycles. The molecule has 0 fully saturated rings. The summed E-state index contributed by atoms with van der Waals surface area (Å²) in [7, 11) is 0. The topological polar surface area (TPSA) is 63.3 Å². The van der Waals surface area contributed by atoms with Gasteiger partial charge in [0, 0.05) is 15.0 Å². The van der Waals surface area contributed by atoms with Crippen molar-refractivity contribution in [2.45, 2.75) is 12.5 Å². The molecule has 14 heavy (non-hydrogen) atoms. The van der Waals surface area contributed by atoms with Gasteiger partial charge in [-0.3, -0.25) is 4.79 Å². The van der Waals surface area contributed by atoms with Gasteiger partial charge in [0.1, 0.15) is 6.04 Å². The second kappa shape index (κ2) is 4.95. The number of hydrogen-bond donors (Lipinski definition) is 2. The Morgan fingerprint density at radius 1 is 1.64 bits per heavy atom. The van der Waals surface area contributed by atoms with E-state index in [4.69, 9.17) is 22.4 Å². The molecule has 3 N–H and O–H groups in total. The minimum Gasteiger partial charge on any atom is -0.480 e. The summed E-state index contributed by atoms with van der Waals surface area (Å²) in [6, 6.07) is 4.52. The third-order valence-electron chi connectivity index (χ3n) is 1.80. The van der Waals surface area contributed by atoms with Gasteiger partial charge >= 0.3 is 5.97 Å². The molecule has 1 rings (SSSR count). The molecule has 0 aliphatic carbocycles. The van der Waals surface area contributed by atoms with E-state index in [1.165, 1.54) is 0 Å².